The monoisotopic (exact) mass is 466 g/mol. The fourth-order valence-corrected chi connectivity index (χ4v) is 5.61. The highest BCUT2D eigenvalue weighted by Crippen LogP contribution is 2.33. The highest BCUT2D eigenvalue weighted by Gasteiger charge is 2.25. The van der Waals surface area contributed by atoms with E-state index in [1.807, 2.05) is 43.5 Å². The maximum Gasteiger partial charge on any atom is 0.226 e. The standard InChI is InChI=1S/C21H15BrN4O2S/c1-12-3-2-4-15(9-12)29(27,28)21-19(22)26-20-18(25-21)16(11-24-20)13-5-6-17-14(10-13)7-8-23-17/h2-11,23H,1H3,(H,24,26). The number of hydrogen-bond donors (Lipinski definition) is 2. The molecule has 0 bridgehead atoms. The molecule has 0 aliphatic heterocycles. The number of aryl methyl sites for hydroxylation is 1. The Bertz CT molecular complexity index is 1500. The number of nitrogens with one attached hydrogen (secondary N) is 2. The van der Waals surface area contributed by atoms with Crippen LogP contribution in [0.5, 0.6) is 0 Å². The average molecular weight is 467 g/mol. The minimum Gasteiger partial charge on any atom is -0.361 e. The van der Waals surface area contributed by atoms with Crippen molar-refractivity contribution < 1.29 is 8.42 Å². The molecule has 5 aromatic rings. The SMILES string of the molecule is Cc1cccc(S(=O)(=O)c2nc3c(-c4ccc5[nH]ccc5c4)c[nH]c3nc2Br)c1. The first-order valence-electron chi connectivity index (χ1n) is 8.87. The fourth-order valence-electron chi connectivity index (χ4n) is 3.40. The normalized spacial score (nSPS) is 12.1. The lowest BCUT2D eigenvalue weighted by atomic mass is 10.1. The van der Waals surface area contributed by atoms with Crippen molar-refractivity contribution in [2.24, 2.45) is 0 Å². The second-order valence-electron chi connectivity index (χ2n) is 6.82. The lowest BCUT2D eigenvalue weighted by Crippen LogP contribution is -2.07. The van der Waals surface area contributed by atoms with Gasteiger partial charge in [0.1, 0.15) is 10.1 Å². The second-order valence-corrected chi connectivity index (χ2v) is 9.43. The summed E-state index contributed by atoms with van der Waals surface area (Å²) in [6.07, 6.45) is 3.68. The molecule has 0 unspecified atom stereocenters. The predicted molar refractivity (Wildman–Crippen MR) is 116 cm³/mol. The van der Waals surface area contributed by atoms with Gasteiger partial charge >= 0.3 is 0 Å². The van der Waals surface area contributed by atoms with Crippen LogP contribution in [0.2, 0.25) is 0 Å². The molecule has 0 fully saturated rings. The van der Waals surface area contributed by atoms with Gasteiger partial charge in [-0.25, -0.2) is 18.4 Å². The number of H-pyrrole nitrogens is 2. The molecule has 0 amide bonds. The van der Waals surface area contributed by atoms with Crippen LogP contribution >= 0.6 is 15.9 Å². The smallest absolute Gasteiger partial charge is 0.226 e. The molecule has 2 N–H and O–H groups in total. The van der Waals surface area contributed by atoms with Gasteiger partial charge in [-0.2, -0.15) is 0 Å². The molecular formula is C21H15BrN4O2S. The first kappa shape index (κ1) is 18.1. The number of aromatic amines is 2. The van der Waals surface area contributed by atoms with Gasteiger partial charge in [-0.15, -0.1) is 0 Å². The molecule has 0 aliphatic rings. The summed E-state index contributed by atoms with van der Waals surface area (Å²) < 4.78 is 26.6. The summed E-state index contributed by atoms with van der Waals surface area (Å²) in [6, 6.07) is 14.8. The van der Waals surface area contributed by atoms with Crippen LogP contribution in [-0.4, -0.2) is 28.4 Å². The van der Waals surface area contributed by atoms with Crippen molar-refractivity contribution in [3.8, 4) is 11.1 Å². The maximum absolute atomic E-state index is 13.2. The van der Waals surface area contributed by atoms with Crippen molar-refractivity contribution in [2.75, 3.05) is 0 Å². The van der Waals surface area contributed by atoms with E-state index in [2.05, 4.69) is 35.9 Å². The van der Waals surface area contributed by atoms with E-state index in [-0.39, 0.29) is 14.5 Å². The molecule has 6 nitrogen and oxygen atoms in total. The molecule has 0 saturated heterocycles. The fraction of sp³-hybridized carbons (Fsp3) is 0.0476. The van der Waals surface area contributed by atoms with Crippen molar-refractivity contribution in [1.29, 1.82) is 0 Å². The molecule has 5 rings (SSSR count). The Labute approximate surface area is 175 Å². The highest BCUT2D eigenvalue weighted by molar-refractivity contribution is 9.10. The van der Waals surface area contributed by atoms with Gasteiger partial charge in [0.25, 0.3) is 0 Å². The van der Waals surface area contributed by atoms with Crippen molar-refractivity contribution in [2.45, 2.75) is 16.8 Å². The topological polar surface area (TPSA) is 91.5 Å². The quantitative estimate of drug-likeness (QED) is 0.390. The lowest BCUT2D eigenvalue weighted by Gasteiger charge is -2.07. The summed E-state index contributed by atoms with van der Waals surface area (Å²) in [6.45, 7) is 1.85. The second kappa shape index (κ2) is 6.53. The summed E-state index contributed by atoms with van der Waals surface area (Å²) in [5, 5.41) is 0.966. The van der Waals surface area contributed by atoms with Gasteiger partial charge in [0, 0.05) is 23.5 Å². The van der Waals surface area contributed by atoms with Gasteiger partial charge in [-0.3, -0.25) is 0 Å². The molecule has 0 radical (unpaired) electrons. The average Bonchev–Trinajstić information content (AvgIpc) is 3.32. The van der Waals surface area contributed by atoms with E-state index in [1.165, 1.54) is 0 Å². The van der Waals surface area contributed by atoms with Crippen LogP contribution in [0.3, 0.4) is 0 Å². The van der Waals surface area contributed by atoms with E-state index in [4.69, 9.17) is 0 Å². The van der Waals surface area contributed by atoms with E-state index < -0.39 is 9.84 Å². The first-order chi connectivity index (χ1) is 13.9. The molecule has 8 heteroatoms. The molecule has 0 spiro atoms. The molecule has 0 aliphatic carbocycles. The van der Waals surface area contributed by atoms with Crippen LogP contribution in [0.25, 0.3) is 33.2 Å². The molecule has 0 saturated carbocycles. The molecule has 2 aromatic carbocycles. The van der Waals surface area contributed by atoms with Crippen molar-refractivity contribution in [3.05, 3.63) is 71.1 Å². The van der Waals surface area contributed by atoms with Gasteiger partial charge in [-0.1, -0.05) is 18.2 Å². The zero-order valence-electron chi connectivity index (χ0n) is 15.3. The number of sulfone groups is 1. The molecule has 3 heterocycles. The molecule has 0 atom stereocenters. The number of aromatic nitrogens is 4. The number of nitrogens with zero attached hydrogens (tertiary/aromatic N) is 2. The van der Waals surface area contributed by atoms with E-state index in [9.17, 15) is 8.42 Å². The lowest BCUT2D eigenvalue weighted by molar-refractivity contribution is 0.591. The van der Waals surface area contributed by atoms with Gasteiger partial charge in [0.05, 0.1) is 4.90 Å². The van der Waals surface area contributed by atoms with E-state index >= 15 is 0 Å². The molecular weight excluding hydrogens is 452 g/mol. The van der Waals surface area contributed by atoms with E-state index in [1.54, 1.807) is 24.4 Å². The Kier molecular flexibility index (Phi) is 4.07. The third-order valence-electron chi connectivity index (χ3n) is 4.85. The third-order valence-corrected chi connectivity index (χ3v) is 7.33. The molecule has 3 aromatic heterocycles. The van der Waals surface area contributed by atoms with Gasteiger partial charge in [0.15, 0.2) is 10.7 Å². The zero-order valence-corrected chi connectivity index (χ0v) is 17.7. The minimum atomic E-state index is -3.83. The number of benzene rings is 2. The van der Waals surface area contributed by atoms with Crippen LogP contribution < -0.4 is 0 Å². The van der Waals surface area contributed by atoms with Gasteiger partial charge in [-0.05, 0) is 69.7 Å². The number of hydrogen-bond acceptors (Lipinski definition) is 4. The maximum atomic E-state index is 13.2. The number of halogens is 1. The highest BCUT2D eigenvalue weighted by atomic mass is 79.9. The van der Waals surface area contributed by atoms with Crippen LogP contribution in [0.4, 0.5) is 0 Å². The van der Waals surface area contributed by atoms with Crippen LogP contribution in [-0.2, 0) is 9.84 Å². The number of rotatable bonds is 3. The van der Waals surface area contributed by atoms with E-state index in [0.717, 1.165) is 27.6 Å². The Hall–Kier alpha value is -2.97. The van der Waals surface area contributed by atoms with Crippen molar-refractivity contribution in [1.82, 2.24) is 19.9 Å². The van der Waals surface area contributed by atoms with Crippen molar-refractivity contribution in [3.63, 3.8) is 0 Å². The summed E-state index contributed by atoms with van der Waals surface area (Å²) in [7, 11) is -3.83. The Morgan fingerprint density at radius 1 is 1.00 bits per heavy atom. The molecule has 29 heavy (non-hydrogen) atoms. The Morgan fingerprint density at radius 3 is 2.69 bits per heavy atom. The Balaban J connectivity index is 1.72. The van der Waals surface area contributed by atoms with Gasteiger partial charge < -0.3 is 9.97 Å². The predicted octanol–water partition coefficient (Wildman–Crippen LogP) is 5.01. The third kappa shape index (κ3) is 2.95. The Morgan fingerprint density at radius 2 is 1.86 bits per heavy atom. The summed E-state index contributed by atoms with van der Waals surface area (Å²) in [4.78, 5) is 15.4. The van der Waals surface area contributed by atoms with Crippen molar-refractivity contribution >= 4 is 47.8 Å². The van der Waals surface area contributed by atoms with E-state index in [0.29, 0.717) is 11.2 Å². The van der Waals surface area contributed by atoms with Crippen LogP contribution in [0.1, 0.15) is 5.56 Å². The summed E-state index contributed by atoms with van der Waals surface area (Å²) in [5.74, 6) is 0. The van der Waals surface area contributed by atoms with Crippen LogP contribution in [0, 0.1) is 6.92 Å². The first-order valence-corrected chi connectivity index (χ1v) is 11.1. The largest absolute Gasteiger partial charge is 0.361 e. The zero-order chi connectivity index (χ0) is 20.2. The summed E-state index contributed by atoms with van der Waals surface area (Å²) >= 11 is 3.28. The number of fused-ring (bicyclic) bond motifs is 2. The summed E-state index contributed by atoms with van der Waals surface area (Å²) in [5.41, 5.74) is 4.64. The minimum absolute atomic E-state index is 0.0980. The van der Waals surface area contributed by atoms with Gasteiger partial charge in [0.2, 0.25) is 9.84 Å². The van der Waals surface area contributed by atoms with Crippen LogP contribution in [0.15, 0.2) is 75.4 Å². The molecule has 144 valence electrons.